The van der Waals surface area contributed by atoms with Gasteiger partial charge in [-0.3, -0.25) is 9.59 Å². The molecule has 3 aromatic rings. The van der Waals surface area contributed by atoms with Crippen molar-refractivity contribution in [2.24, 2.45) is 4.99 Å². The number of methoxy groups -OCH3 is 1. The molecule has 0 aliphatic heterocycles. The van der Waals surface area contributed by atoms with Crippen LogP contribution in [0.5, 0.6) is 0 Å². The van der Waals surface area contributed by atoms with Gasteiger partial charge in [-0.1, -0.05) is 30.4 Å². The number of esters is 1. The largest absolute Gasteiger partial charge is 0.468 e. The van der Waals surface area contributed by atoms with Crippen LogP contribution in [0.2, 0.25) is 0 Å². The number of fused-ring (bicyclic) bond motifs is 2. The number of benzene rings is 2. The second-order valence-electron chi connectivity index (χ2n) is 7.31. The van der Waals surface area contributed by atoms with Gasteiger partial charge < -0.3 is 9.30 Å². The lowest BCUT2D eigenvalue weighted by molar-refractivity contribution is -0.141. The normalized spacial score (nSPS) is 14.1. The first-order valence-corrected chi connectivity index (χ1v) is 10.8. The van der Waals surface area contributed by atoms with Crippen molar-refractivity contribution in [1.82, 2.24) is 4.57 Å². The van der Waals surface area contributed by atoms with Crippen molar-refractivity contribution in [3.63, 3.8) is 0 Å². The second kappa shape index (κ2) is 8.33. The highest BCUT2D eigenvalue weighted by Gasteiger charge is 2.15. The van der Waals surface area contributed by atoms with Gasteiger partial charge in [-0.25, -0.2) is 0 Å². The number of carbonyl (C=O) groups excluding carboxylic acids is 2. The molecule has 150 valence electrons. The second-order valence-corrected chi connectivity index (χ2v) is 8.32. The van der Waals surface area contributed by atoms with E-state index < -0.39 is 0 Å². The quantitative estimate of drug-likeness (QED) is 0.612. The molecule has 6 heteroatoms. The summed E-state index contributed by atoms with van der Waals surface area (Å²) in [5.74, 6) is -0.647. The third-order valence-corrected chi connectivity index (χ3v) is 6.50. The fourth-order valence-electron chi connectivity index (χ4n) is 3.79. The van der Waals surface area contributed by atoms with E-state index in [0.29, 0.717) is 10.4 Å². The van der Waals surface area contributed by atoms with Gasteiger partial charge in [-0.2, -0.15) is 4.99 Å². The molecule has 0 N–H and O–H groups in total. The fourth-order valence-corrected chi connectivity index (χ4v) is 4.88. The average molecular weight is 409 g/mol. The van der Waals surface area contributed by atoms with Gasteiger partial charge in [0.1, 0.15) is 6.54 Å². The number of aryl methyl sites for hydroxylation is 3. The summed E-state index contributed by atoms with van der Waals surface area (Å²) in [6.07, 6.45) is 5.39. The third kappa shape index (κ3) is 4.03. The topological polar surface area (TPSA) is 60.7 Å². The van der Waals surface area contributed by atoms with Gasteiger partial charge in [0.15, 0.2) is 4.80 Å². The highest BCUT2D eigenvalue weighted by molar-refractivity contribution is 7.16. The first-order chi connectivity index (χ1) is 14.1. The van der Waals surface area contributed by atoms with Crippen LogP contribution >= 0.6 is 11.3 Å². The molecule has 5 nitrogen and oxygen atoms in total. The number of nitrogens with zero attached hydrogens (tertiary/aromatic N) is 2. The van der Waals surface area contributed by atoms with E-state index in [1.54, 1.807) is 4.57 Å². The Labute approximate surface area is 173 Å². The molecule has 0 bridgehead atoms. The van der Waals surface area contributed by atoms with Crippen LogP contribution in [0.3, 0.4) is 0 Å². The molecule has 1 aliphatic carbocycles. The zero-order valence-electron chi connectivity index (χ0n) is 16.7. The molecular weight excluding hydrogens is 384 g/mol. The van der Waals surface area contributed by atoms with Gasteiger partial charge in [-0.05, 0) is 73.1 Å². The molecule has 2 aromatic carbocycles. The number of carbonyl (C=O) groups is 2. The van der Waals surface area contributed by atoms with Crippen molar-refractivity contribution in [3.05, 3.63) is 63.5 Å². The number of rotatable bonds is 4. The predicted octanol–water partition coefficient (Wildman–Crippen LogP) is 4.06. The Hall–Kier alpha value is -2.73. The minimum Gasteiger partial charge on any atom is -0.468 e. The smallest absolute Gasteiger partial charge is 0.325 e. The molecule has 0 saturated carbocycles. The Kier molecular flexibility index (Phi) is 5.62. The molecule has 0 spiro atoms. The zero-order chi connectivity index (χ0) is 20.4. The highest BCUT2D eigenvalue weighted by atomic mass is 32.1. The van der Waals surface area contributed by atoms with Gasteiger partial charge in [0.05, 0.1) is 17.3 Å². The van der Waals surface area contributed by atoms with E-state index in [0.717, 1.165) is 35.9 Å². The van der Waals surface area contributed by atoms with Gasteiger partial charge in [0.2, 0.25) is 0 Å². The van der Waals surface area contributed by atoms with E-state index in [9.17, 15) is 9.59 Å². The molecule has 4 rings (SSSR count). The maximum absolute atomic E-state index is 12.9. The van der Waals surface area contributed by atoms with Gasteiger partial charge >= 0.3 is 5.97 Å². The van der Waals surface area contributed by atoms with E-state index in [1.165, 1.54) is 41.6 Å². The molecule has 0 saturated heterocycles. The lowest BCUT2D eigenvalue weighted by atomic mass is 9.90. The molecule has 0 atom stereocenters. The Morgan fingerprint density at radius 3 is 2.66 bits per heavy atom. The van der Waals surface area contributed by atoms with E-state index in [1.807, 2.05) is 24.3 Å². The lowest BCUT2D eigenvalue weighted by Crippen LogP contribution is -2.22. The molecule has 0 radical (unpaired) electrons. The zero-order valence-corrected chi connectivity index (χ0v) is 17.6. The van der Waals surface area contributed by atoms with Crippen LogP contribution in [-0.2, 0) is 35.3 Å². The molecule has 1 amide bonds. The van der Waals surface area contributed by atoms with E-state index in [2.05, 4.69) is 24.0 Å². The van der Waals surface area contributed by atoms with Crippen LogP contribution in [-0.4, -0.2) is 23.6 Å². The Bertz CT molecular complexity index is 1160. The molecule has 1 heterocycles. The summed E-state index contributed by atoms with van der Waals surface area (Å²) in [7, 11) is 1.36. The standard InChI is InChI=1S/C23H24N2O3S/c1-3-15-8-11-19-20(12-15)29-23(25(19)14-21(26)28-2)24-22(27)18-10-9-16-6-4-5-7-17(16)13-18/h8-13H,3-7,14H2,1-2H3. The highest BCUT2D eigenvalue weighted by Crippen LogP contribution is 2.23. The van der Waals surface area contributed by atoms with Crippen LogP contribution < -0.4 is 4.80 Å². The fraction of sp³-hybridized carbons (Fsp3) is 0.348. The maximum Gasteiger partial charge on any atom is 0.325 e. The Balaban J connectivity index is 1.78. The van der Waals surface area contributed by atoms with E-state index in [4.69, 9.17) is 4.74 Å². The van der Waals surface area contributed by atoms with Crippen LogP contribution in [0, 0.1) is 0 Å². The van der Waals surface area contributed by atoms with Gasteiger partial charge in [0, 0.05) is 5.56 Å². The first-order valence-electron chi connectivity index (χ1n) is 9.99. The monoisotopic (exact) mass is 408 g/mol. The van der Waals surface area contributed by atoms with Crippen LogP contribution in [0.4, 0.5) is 0 Å². The number of hydrogen-bond donors (Lipinski definition) is 0. The summed E-state index contributed by atoms with van der Waals surface area (Å²) in [6.45, 7) is 2.13. The van der Waals surface area contributed by atoms with Crippen LogP contribution in [0.1, 0.15) is 46.8 Å². The maximum atomic E-state index is 12.9. The van der Waals surface area contributed by atoms with E-state index >= 15 is 0 Å². The van der Waals surface area contributed by atoms with Crippen molar-refractivity contribution in [2.45, 2.75) is 45.6 Å². The Morgan fingerprint density at radius 1 is 1.10 bits per heavy atom. The molecule has 1 aliphatic rings. The summed E-state index contributed by atoms with van der Waals surface area (Å²) in [5, 5.41) is 0. The third-order valence-electron chi connectivity index (χ3n) is 5.46. The number of aromatic nitrogens is 1. The lowest BCUT2D eigenvalue weighted by Gasteiger charge is -2.15. The van der Waals surface area contributed by atoms with Crippen molar-refractivity contribution in [1.29, 1.82) is 0 Å². The molecule has 1 aromatic heterocycles. The van der Waals surface area contributed by atoms with Crippen LogP contribution in [0.15, 0.2) is 41.4 Å². The average Bonchev–Trinajstić information content (AvgIpc) is 3.08. The number of amides is 1. The van der Waals surface area contributed by atoms with Crippen molar-refractivity contribution in [2.75, 3.05) is 7.11 Å². The molecular formula is C23H24N2O3S. The first kappa shape index (κ1) is 19.6. The van der Waals surface area contributed by atoms with Crippen molar-refractivity contribution >= 4 is 33.4 Å². The summed E-state index contributed by atoms with van der Waals surface area (Å²) in [4.78, 5) is 29.8. The van der Waals surface area contributed by atoms with E-state index in [-0.39, 0.29) is 18.4 Å². The van der Waals surface area contributed by atoms with Crippen LogP contribution in [0.25, 0.3) is 10.2 Å². The predicted molar refractivity (Wildman–Crippen MR) is 114 cm³/mol. The minimum absolute atomic E-state index is 0.0261. The Morgan fingerprint density at radius 2 is 1.90 bits per heavy atom. The summed E-state index contributed by atoms with van der Waals surface area (Å²) < 4.78 is 7.61. The SMILES string of the molecule is CCc1ccc2c(c1)sc(=NC(=O)c1ccc3c(c1)CCCC3)n2CC(=O)OC. The molecule has 29 heavy (non-hydrogen) atoms. The minimum atomic E-state index is -0.369. The van der Waals surface area contributed by atoms with Gasteiger partial charge in [-0.15, -0.1) is 0 Å². The number of thiazole rings is 1. The number of hydrogen-bond acceptors (Lipinski definition) is 4. The molecule has 0 unspecified atom stereocenters. The molecule has 0 fully saturated rings. The van der Waals surface area contributed by atoms with Gasteiger partial charge in [0.25, 0.3) is 5.91 Å². The number of ether oxygens (including phenoxy) is 1. The van der Waals surface area contributed by atoms with Crippen molar-refractivity contribution in [3.8, 4) is 0 Å². The summed E-state index contributed by atoms with van der Waals surface area (Å²) in [5.41, 5.74) is 5.28. The van der Waals surface area contributed by atoms with Crippen molar-refractivity contribution < 1.29 is 14.3 Å². The summed E-state index contributed by atoms with van der Waals surface area (Å²) in [6, 6.07) is 12.0. The summed E-state index contributed by atoms with van der Waals surface area (Å²) >= 11 is 1.43.